The first-order valence-electron chi connectivity index (χ1n) is 7.06. The number of aromatic nitrogens is 2. The third-order valence-corrected chi connectivity index (χ3v) is 4.36. The third-order valence-electron chi connectivity index (χ3n) is 3.55. The second-order valence-electron chi connectivity index (χ2n) is 4.94. The van der Waals surface area contributed by atoms with Gasteiger partial charge in [-0.15, -0.1) is 10.2 Å². The first-order valence-corrected chi connectivity index (χ1v) is 8.04. The van der Waals surface area contributed by atoms with Crippen LogP contribution in [-0.2, 0) is 24.2 Å². The van der Waals surface area contributed by atoms with Crippen molar-refractivity contribution in [2.24, 2.45) is 0 Å². The first-order chi connectivity index (χ1) is 10.3. The molecule has 0 saturated heterocycles. The third kappa shape index (κ3) is 3.26. The van der Waals surface area contributed by atoms with E-state index in [0.717, 1.165) is 13.0 Å². The summed E-state index contributed by atoms with van der Waals surface area (Å²) < 4.78 is 5.40. The standard InChI is InChI=1S/C15H17N3O2S/c1-2-13-16-17-15(20-13)21-10-14(19)18-8-7-11-5-3-4-6-12(11)9-18/h3-6H,2,7-10H2,1H3. The van der Waals surface area contributed by atoms with Crippen molar-refractivity contribution in [1.82, 2.24) is 15.1 Å². The second-order valence-corrected chi connectivity index (χ2v) is 5.86. The van der Waals surface area contributed by atoms with Gasteiger partial charge in [0.15, 0.2) is 0 Å². The van der Waals surface area contributed by atoms with Gasteiger partial charge in [-0.1, -0.05) is 43.0 Å². The fourth-order valence-electron chi connectivity index (χ4n) is 2.36. The summed E-state index contributed by atoms with van der Waals surface area (Å²) in [5.74, 6) is 1.07. The van der Waals surface area contributed by atoms with Gasteiger partial charge in [-0.05, 0) is 17.5 Å². The molecule has 1 aromatic carbocycles. The monoisotopic (exact) mass is 303 g/mol. The highest BCUT2D eigenvalue weighted by Gasteiger charge is 2.21. The van der Waals surface area contributed by atoms with E-state index >= 15 is 0 Å². The SMILES string of the molecule is CCc1nnc(SCC(=O)N2CCc3ccccc3C2)o1. The van der Waals surface area contributed by atoms with Gasteiger partial charge in [0.1, 0.15) is 0 Å². The lowest BCUT2D eigenvalue weighted by Gasteiger charge is -2.28. The molecule has 2 heterocycles. The zero-order chi connectivity index (χ0) is 14.7. The van der Waals surface area contributed by atoms with Crippen LogP contribution in [0.25, 0.3) is 0 Å². The normalized spacial score (nSPS) is 14.0. The second kappa shape index (κ2) is 6.30. The quantitative estimate of drug-likeness (QED) is 0.811. The van der Waals surface area contributed by atoms with Crippen LogP contribution < -0.4 is 0 Å². The van der Waals surface area contributed by atoms with Crippen LogP contribution in [0.3, 0.4) is 0 Å². The van der Waals surface area contributed by atoms with Crippen LogP contribution in [0.15, 0.2) is 33.9 Å². The number of rotatable bonds is 4. The summed E-state index contributed by atoms with van der Waals surface area (Å²) in [6.45, 7) is 3.43. The summed E-state index contributed by atoms with van der Waals surface area (Å²) in [4.78, 5) is 14.2. The molecule has 0 fully saturated rings. The number of aryl methyl sites for hydroxylation is 1. The Morgan fingerprint density at radius 2 is 2.14 bits per heavy atom. The maximum absolute atomic E-state index is 12.3. The molecule has 1 aliphatic rings. The molecule has 21 heavy (non-hydrogen) atoms. The van der Waals surface area contributed by atoms with Crippen LogP contribution in [0.2, 0.25) is 0 Å². The van der Waals surface area contributed by atoms with E-state index in [4.69, 9.17) is 4.42 Å². The first kappa shape index (κ1) is 14.1. The average Bonchev–Trinajstić information content (AvgIpc) is 3.00. The molecule has 1 aromatic heterocycles. The molecular weight excluding hydrogens is 286 g/mol. The van der Waals surface area contributed by atoms with E-state index in [0.29, 0.717) is 29.8 Å². The maximum Gasteiger partial charge on any atom is 0.277 e. The van der Waals surface area contributed by atoms with Crippen molar-refractivity contribution >= 4 is 17.7 Å². The zero-order valence-electron chi connectivity index (χ0n) is 11.9. The molecule has 0 atom stereocenters. The molecule has 1 amide bonds. The number of carbonyl (C=O) groups is 1. The Kier molecular flexibility index (Phi) is 4.24. The van der Waals surface area contributed by atoms with Gasteiger partial charge in [-0.25, -0.2) is 0 Å². The van der Waals surface area contributed by atoms with Gasteiger partial charge >= 0.3 is 0 Å². The van der Waals surface area contributed by atoms with Gasteiger partial charge in [-0.3, -0.25) is 4.79 Å². The Bertz CT molecular complexity index is 641. The Morgan fingerprint density at radius 1 is 1.33 bits per heavy atom. The molecule has 0 bridgehead atoms. The fourth-order valence-corrected chi connectivity index (χ4v) is 3.05. The number of amides is 1. The van der Waals surface area contributed by atoms with E-state index in [1.54, 1.807) is 0 Å². The molecule has 2 aromatic rings. The topological polar surface area (TPSA) is 59.2 Å². The van der Waals surface area contributed by atoms with E-state index in [-0.39, 0.29) is 5.91 Å². The molecule has 0 N–H and O–H groups in total. The molecule has 0 unspecified atom stereocenters. The highest BCUT2D eigenvalue weighted by Crippen LogP contribution is 2.21. The number of carbonyl (C=O) groups excluding carboxylic acids is 1. The van der Waals surface area contributed by atoms with Gasteiger partial charge < -0.3 is 9.32 Å². The Balaban J connectivity index is 1.57. The van der Waals surface area contributed by atoms with E-state index < -0.39 is 0 Å². The molecule has 0 aliphatic carbocycles. The predicted octanol–water partition coefficient (Wildman–Crippen LogP) is 2.31. The van der Waals surface area contributed by atoms with Gasteiger partial charge in [0.05, 0.1) is 5.75 Å². The molecule has 0 spiro atoms. The van der Waals surface area contributed by atoms with Gasteiger partial charge in [0.25, 0.3) is 5.22 Å². The van der Waals surface area contributed by atoms with Crippen molar-refractivity contribution in [1.29, 1.82) is 0 Å². The molecule has 0 radical (unpaired) electrons. The number of fused-ring (bicyclic) bond motifs is 1. The molecule has 3 rings (SSSR count). The number of nitrogens with zero attached hydrogens (tertiary/aromatic N) is 3. The zero-order valence-corrected chi connectivity index (χ0v) is 12.7. The summed E-state index contributed by atoms with van der Waals surface area (Å²) in [6, 6.07) is 8.30. The summed E-state index contributed by atoms with van der Waals surface area (Å²) in [5.41, 5.74) is 2.59. The van der Waals surface area contributed by atoms with Crippen molar-refractivity contribution in [3.05, 3.63) is 41.3 Å². The van der Waals surface area contributed by atoms with Crippen molar-refractivity contribution < 1.29 is 9.21 Å². The largest absolute Gasteiger partial charge is 0.416 e. The maximum atomic E-state index is 12.3. The minimum absolute atomic E-state index is 0.116. The summed E-state index contributed by atoms with van der Waals surface area (Å²) in [5, 5.41) is 8.28. The molecule has 6 heteroatoms. The van der Waals surface area contributed by atoms with Crippen molar-refractivity contribution in [3.8, 4) is 0 Å². The van der Waals surface area contributed by atoms with Crippen LogP contribution in [0.5, 0.6) is 0 Å². The summed E-state index contributed by atoms with van der Waals surface area (Å²) >= 11 is 1.31. The van der Waals surface area contributed by atoms with Crippen LogP contribution >= 0.6 is 11.8 Å². The number of hydrogen-bond donors (Lipinski definition) is 0. The molecule has 110 valence electrons. The lowest BCUT2D eigenvalue weighted by Crippen LogP contribution is -2.37. The number of hydrogen-bond acceptors (Lipinski definition) is 5. The fraction of sp³-hybridized carbons (Fsp3) is 0.400. The Labute approximate surface area is 127 Å². The lowest BCUT2D eigenvalue weighted by atomic mass is 10.00. The Morgan fingerprint density at radius 3 is 2.90 bits per heavy atom. The predicted molar refractivity (Wildman–Crippen MR) is 80.0 cm³/mol. The van der Waals surface area contributed by atoms with E-state index in [2.05, 4.69) is 22.3 Å². The van der Waals surface area contributed by atoms with Crippen molar-refractivity contribution in [2.75, 3.05) is 12.3 Å². The van der Waals surface area contributed by atoms with Gasteiger partial charge in [0, 0.05) is 19.5 Å². The number of thioether (sulfide) groups is 1. The van der Waals surface area contributed by atoms with Crippen LogP contribution in [0, 0.1) is 0 Å². The van der Waals surface area contributed by atoms with E-state index in [1.807, 2.05) is 24.0 Å². The van der Waals surface area contributed by atoms with Crippen LogP contribution in [-0.4, -0.2) is 33.3 Å². The summed E-state index contributed by atoms with van der Waals surface area (Å²) in [7, 11) is 0. The van der Waals surface area contributed by atoms with Crippen molar-refractivity contribution in [2.45, 2.75) is 31.5 Å². The lowest BCUT2D eigenvalue weighted by molar-refractivity contribution is -0.129. The summed E-state index contributed by atoms with van der Waals surface area (Å²) in [6.07, 6.45) is 1.64. The molecule has 0 saturated carbocycles. The Hall–Kier alpha value is -1.82. The molecular formula is C15H17N3O2S. The molecule has 5 nitrogen and oxygen atoms in total. The van der Waals surface area contributed by atoms with E-state index in [1.165, 1.54) is 22.9 Å². The average molecular weight is 303 g/mol. The van der Waals surface area contributed by atoms with Crippen molar-refractivity contribution in [3.63, 3.8) is 0 Å². The van der Waals surface area contributed by atoms with Crippen LogP contribution in [0.1, 0.15) is 23.9 Å². The molecule has 1 aliphatic heterocycles. The van der Waals surface area contributed by atoms with Crippen LogP contribution in [0.4, 0.5) is 0 Å². The minimum Gasteiger partial charge on any atom is -0.416 e. The highest BCUT2D eigenvalue weighted by molar-refractivity contribution is 7.99. The van der Waals surface area contributed by atoms with Gasteiger partial charge in [0.2, 0.25) is 11.8 Å². The smallest absolute Gasteiger partial charge is 0.277 e. The van der Waals surface area contributed by atoms with Gasteiger partial charge in [-0.2, -0.15) is 0 Å². The number of benzene rings is 1. The minimum atomic E-state index is 0.116. The van der Waals surface area contributed by atoms with E-state index in [9.17, 15) is 4.79 Å². The highest BCUT2D eigenvalue weighted by atomic mass is 32.2.